The van der Waals surface area contributed by atoms with Crippen molar-refractivity contribution in [3.05, 3.63) is 52.7 Å². The Morgan fingerprint density at radius 3 is 2.47 bits per heavy atom. The molecule has 2 unspecified atom stereocenters. The van der Waals surface area contributed by atoms with E-state index in [1.54, 1.807) is 26.0 Å². The van der Waals surface area contributed by atoms with E-state index in [9.17, 15) is 27.5 Å². The first-order chi connectivity index (χ1) is 14.0. The molecule has 2 N–H and O–H groups in total. The molecule has 0 saturated heterocycles. The monoisotopic (exact) mass is 425 g/mol. The number of aromatic nitrogens is 2. The molecule has 6 nitrogen and oxygen atoms in total. The molecule has 30 heavy (non-hydrogen) atoms. The van der Waals surface area contributed by atoms with Gasteiger partial charge in [0, 0.05) is 23.9 Å². The molecule has 1 aromatic carbocycles. The van der Waals surface area contributed by atoms with Crippen LogP contribution in [0, 0.1) is 25.7 Å². The Bertz CT molecular complexity index is 1020. The summed E-state index contributed by atoms with van der Waals surface area (Å²) in [5.74, 6) is -3.60. The molecule has 2 aromatic rings. The number of aromatic hydroxyl groups is 1. The number of rotatable bonds is 4. The van der Waals surface area contributed by atoms with E-state index in [1.165, 1.54) is 6.92 Å². The van der Waals surface area contributed by atoms with Gasteiger partial charge in [-0.05, 0) is 43.2 Å². The van der Waals surface area contributed by atoms with Crippen LogP contribution in [-0.4, -0.2) is 33.9 Å². The SMILES string of the molecule is Cc1cc(-c2nnc(C(=O)NCC3C=C(C(F)(F)F)C=C(F)C3C)o2)cc(C)c1O. The Balaban J connectivity index is 1.72. The van der Waals surface area contributed by atoms with E-state index in [4.69, 9.17) is 4.42 Å². The minimum Gasteiger partial charge on any atom is -0.507 e. The molecule has 0 fully saturated rings. The van der Waals surface area contributed by atoms with Gasteiger partial charge in [-0.25, -0.2) is 4.39 Å². The lowest BCUT2D eigenvalue weighted by molar-refractivity contribution is -0.0894. The normalized spacial score (nSPS) is 19.3. The largest absolute Gasteiger partial charge is 0.507 e. The topological polar surface area (TPSA) is 88.3 Å². The second-order valence-electron chi connectivity index (χ2n) is 7.18. The third-order valence-corrected chi connectivity index (χ3v) is 4.95. The maximum Gasteiger partial charge on any atom is 0.416 e. The highest BCUT2D eigenvalue weighted by Crippen LogP contribution is 2.37. The zero-order chi connectivity index (χ0) is 22.2. The highest BCUT2D eigenvalue weighted by Gasteiger charge is 2.37. The van der Waals surface area contributed by atoms with Crippen molar-refractivity contribution in [3.8, 4) is 17.2 Å². The number of benzene rings is 1. The smallest absolute Gasteiger partial charge is 0.416 e. The minimum atomic E-state index is -4.68. The van der Waals surface area contributed by atoms with Gasteiger partial charge in [-0.3, -0.25) is 4.79 Å². The lowest BCUT2D eigenvalue weighted by atomic mass is 9.85. The molecule has 1 aliphatic rings. The fourth-order valence-corrected chi connectivity index (χ4v) is 3.12. The van der Waals surface area contributed by atoms with Gasteiger partial charge in [-0.15, -0.1) is 10.2 Å². The number of carbonyl (C=O) groups excluding carboxylic acids is 1. The number of halogens is 4. The summed E-state index contributed by atoms with van der Waals surface area (Å²) < 4.78 is 58.0. The number of carbonyl (C=O) groups is 1. The van der Waals surface area contributed by atoms with Crippen LogP contribution in [-0.2, 0) is 0 Å². The Hall–Kier alpha value is -3.17. The van der Waals surface area contributed by atoms with Crippen molar-refractivity contribution >= 4 is 5.91 Å². The van der Waals surface area contributed by atoms with E-state index in [0.717, 1.165) is 6.08 Å². The van der Waals surface area contributed by atoms with Crippen molar-refractivity contribution < 1.29 is 31.9 Å². The number of hydrogen-bond donors (Lipinski definition) is 2. The summed E-state index contributed by atoms with van der Waals surface area (Å²) in [5, 5.41) is 19.7. The molecule has 0 saturated carbocycles. The fourth-order valence-electron chi connectivity index (χ4n) is 3.12. The minimum absolute atomic E-state index is 0.0469. The van der Waals surface area contributed by atoms with Crippen LogP contribution >= 0.6 is 0 Å². The van der Waals surface area contributed by atoms with Crippen LogP contribution in [0.4, 0.5) is 17.6 Å². The Morgan fingerprint density at radius 2 is 1.87 bits per heavy atom. The number of nitrogens with one attached hydrogen (secondary N) is 1. The number of phenols is 1. The first-order valence-corrected chi connectivity index (χ1v) is 9.05. The number of nitrogens with zero attached hydrogens (tertiary/aromatic N) is 2. The molecule has 1 aliphatic carbocycles. The summed E-state index contributed by atoms with van der Waals surface area (Å²) in [6.45, 7) is 4.58. The molecule has 0 spiro atoms. The lowest BCUT2D eigenvalue weighted by Crippen LogP contribution is -2.33. The van der Waals surface area contributed by atoms with E-state index >= 15 is 0 Å². The van der Waals surface area contributed by atoms with E-state index in [-0.39, 0.29) is 24.1 Å². The van der Waals surface area contributed by atoms with Crippen LogP contribution in [0.15, 0.2) is 40.1 Å². The first kappa shape index (κ1) is 21.5. The number of allylic oxidation sites excluding steroid dienone is 3. The number of aryl methyl sites for hydroxylation is 2. The van der Waals surface area contributed by atoms with Gasteiger partial charge in [-0.1, -0.05) is 13.0 Å². The molecule has 2 atom stereocenters. The van der Waals surface area contributed by atoms with E-state index in [2.05, 4.69) is 15.5 Å². The molecular weight excluding hydrogens is 406 g/mol. The molecule has 1 heterocycles. The van der Waals surface area contributed by atoms with Gasteiger partial charge in [0.2, 0.25) is 5.89 Å². The summed E-state index contributed by atoms with van der Waals surface area (Å²) in [4.78, 5) is 12.3. The van der Waals surface area contributed by atoms with Gasteiger partial charge in [0.25, 0.3) is 0 Å². The zero-order valence-corrected chi connectivity index (χ0v) is 16.3. The van der Waals surface area contributed by atoms with E-state index in [0.29, 0.717) is 22.8 Å². The molecule has 0 bridgehead atoms. The summed E-state index contributed by atoms with van der Waals surface area (Å²) in [5.41, 5.74) is 0.585. The second-order valence-corrected chi connectivity index (χ2v) is 7.18. The summed E-state index contributed by atoms with van der Waals surface area (Å²) in [6.07, 6.45) is -3.31. The van der Waals surface area contributed by atoms with Crippen molar-refractivity contribution in [3.63, 3.8) is 0 Å². The molecular formula is C20H19F4N3O3. The maximum absolute atomic E-state index is 13.9. The van der Waals surface area contributed by atoms with Crippen LogP contribution in [0.1, 0.15) is 28.7 Å². The number of hydrogen-bond acceptors (Lipinski definition) is 5. The third-order valence-electron chi connectivity index (χ3n) is 4.95. The van der Waals surface area contributed by atoms with Crippen molar-refractivity contribution in [2.75, 3.05) is 6.54 Å². The van der Waals surface area contributed by atoms with Gasteiger partial charge < -0.3 is 14.8 Å². The second kappa shape index (κ2) is 7.92. The van der Waals surface area contributed by atoms with Crippen molar-refractivity contribution in [1.29, 1.82) is 0 Å². The Labute approximate surface area is 169 Å². The molecule has 1 aromatic heterocycles. The van der Waals surface area contributed by atoms with Crippen LogP contribution < -0.4 is 5.32 Å². The van der Waals surface area contributed by atoms with Crippen molar-refractivity contribution in [2.24, 2.45) is 11.8 Å². The van der Waals surface area contributed by atoms with Gasteiger partial charge in [-0.2, -0.15) is 13.2 Å². The zero-order valence-electron chi connectivity index (χ0n) is 16.3. The molecule has 0 radical (unpaired) electrons. The van der Waals surface area contributed by atoms with E-state index < -0.39 is 35.3 Å². The Kier molecular flexibility index (Phi) is 5.69. The fraction of sp³-hybridized carbons (Fsp3) is 0.350. The number of alkyl halides is 3. The molecule has 160 valence electrons. The maximum atomic E-state index is 13.9. The summed E-state index contributed by atoms with van der Waals surface area (Å²) in [7, 11) is 0. The quantitative estimate of drug-likeness (QED) is 0.709. The van der Waals surface area contributed by atoms with Gasteiger partial charge >= 0.3 is 18.0 Å². The van der Waals surface area contributed by atoms with Gasteiger partial charge in [0.1, 0.15) is 11.6 Å². The predicted molar refractivity (Wildman–Crippen MR) is 99.2 cm³/mol. The van der Waals surface area contributed by atoms with E-state index in [1.807, 2.05) is 0 Å². The lowest BCUT2D eigenvalue weighted by Gasteiger charge is -2.25. The predicted octanol–water partition coefficient (Wildman–Crippen LogP) is 4.40. The van der Waals surface area contributed by atoms with Crippen LogP contribution in [0.25, 0.3) is 11.5 Å². The van der Waals surface area contributed by atoms with Gasteiger partial charge in [0.05, 0.1) is 5.57 Å². The van der Waals surface area contributed by atoms with Gasteiger partial charge in [0.15, 0.2) is 0 Å². The molecule has 1 amide bonds. The molecule has 0 aliphatic heterocycles. The van der Waals surface area contributed by atoms with Crippen LogP contribution in [0.5, 0.6) is 5.75 Å². The first-order valence-electron chi connectivity index (χ1n) is 9.05. The Morgan fingerprint density at radius 1 is 1.23 bits per heavy atom. The third kappa shape index (κ3) is 4.37. The van der Waals surface area contributed by atoms with Crippen molar-refractivity contribution in [1.82, 2.24) is 15.5 Å². The summed E-state index contributed by atoms with van der Waals surface area (Å²) in [6, 6.07) is 3.22. The highest BCUT2D eigenvalue weighted by atomic mass is 19.4. The average molecular weight is 425 g/mol. The molecule has 3 rings (SSSR count). The summed E-state index contributed by atoms with van der Waals surface area (Å²) >= 11 is 0. The number of amides is 1. The number of phenolic OH excluding ortho intramolecular Hbond substituents is 1. The van der Waals surface area contributed by atoms with Crippen LogP contribution in [0.3, 0.4) is 0 Å². The average Bonchev–Trinajstić information content (AvgIpc) is 3.16. The van der Waals surface area contributed by atoms with Crippen LogP contribution in [0.2, 0.25) is 0 Å². The highest BCUT2D eigenvalue weighted by molar-refractivity contribution is 5.89. The standard InChI is InChI=1S/C20H19F4N3O3/c1-9-4-12(5-10(2)16(9)28)18-26-27-19(30-18)17(29)25-8-13-6-14(20(22,23)24)7-15(21)11(13)3/h4-7,11,13,28H,8H2,1-3H3,(H,25,29). The molecule has 10 heteroatoms. The van der Waals surface area contributed by atoms with Crippen molar-refractivity contribution in [2.45, 2.75) is 26.9 Å².